The molecule has 1 fully saturated rings. The van der Waals surface area contributed by atoms with Crippen molar-refractivity contribution in [3.63, 3.8) is 0 Å². The number of hydrogen-bond acceptors (Lipinski definition) is 5. The molecule has 0 bridgehead atoms. The lowest BCUT2D eigenvalue weighted by Gasteiger charge is -2.24. The molecule has 0 spiro atoms. The summed E-state index contributed by atoms with van der Waals surface area (Å²) in [6, 6.07) is 12.8. The van der Waals surface area contributed by atoms with Crippen LogP contribution in [0.3, 0.4) is 0 Å². The summed E-state index contributed by atoms with van der Waals surface area (Å²) < 4.78 is 5.06. The topological polar surface area (TPSA) is 87.2 Å². The summed E-state index contributed by atoms with van der Waals surface area (Å²) in [5.41, 5.74) is 2.04. The zero-order chi connectivity index (χ0) is 20.7. The molecule has 2 aliphatic heterocycles. The van der Waals surface area contributed by atoms with Gasteiger partial charge in [-0.1, -0.05) is 18.2 Å². The fraction of sp³-hybridized carbons (Fsp3) is 0.238. The smallest absolute Gasteiger partial charge is 0.339 e. The number of carbonyl (C=O) groups excluding carboxylic acids is 4. The van der Waals surface area contributed by atoms with Crippen molar-refractivity contribution in [2.75, 3.05) is 23.5 Å². The van der Waals surface area contributed by atoms with Crippen molar-refractivity contribution >= 4 is 35.1 Å². The van der Waals surface area contributed by atoms with Gasteiger partial charge in [-0.3, -0.25) is 14.4 Å². The highest BCUT2D eigenvalue weighted by Gasteiger charge is 2.47. The predicted molar refractivity (Wildman–Crippen MR) is 105 cm³/mol. The van der Waals surface area contributed by atoms with Crippen LogP contribution in [-0.2, 0) is 20.8 Å². The first-order valence-electron chi connectivity index (χ1n) is 9.16. The Balaban J connectivity index is 1.56. The number of benzene rings is 2. The number of fused-ring (bicyclic) bond motifs is 1. The first-order valence-corrected chi connectivity index (χ1v) is 9.16. The normalized spacial score (nSPS) is 18.5. The molecule has 148 valence electrons. The molecule has 0 aromatic heterocycles. The summed E-state index contributed by atoms with van der Waals surface area (Å²) in [7, 11) is 1.50. The molecule has 2 aromatic carbocycles. The van der Waals surface area contributed by atoms with E-state index in [1.54, 1.807) is 17.0 Å². The lowest BCUT2D eigenvalue weighted by atomic mass is 10.1. The van der Waals surface area contributed by atoms with E-state index in [0.717, 1.165) is 16.2 Å². The highest BCUT2D eigenvalue weighted by molar-refractivity contribution is 6.53. The average Bonchev–Trinajstić information content (AvgIpc) is 3.16. The van der Waals surface area contributed by atoms with Gasteiger partial charge in [0.2, 0.25) is 5.91 Å². The van der Waals surface area contributed by atoms with Crippen LogP contribution in [0.1, 0.15) is 12.5 Å². The zero-order valence-electron chi connectivity index (χ0n) is 16.0. The van der Waals surface area contributed by atoms with E-state index in [4.69, 9.17) is 4.74 Å². The van der Waals surface area contributed by atoms with Crippen molar-refractivity contribution in [2.45, 2.75) is 19.4 Å². The Morgan fingerprint density at radius 1 is 1.03 bits per heavy atom. The maximum Gasteiger partial charge on any atom is 0.339 e. The lowest BCUT2D eigenvalue weighted by molar-refractivity contribution is -0.140. The number of anilines is 2. The van der Waals surface area contributed by atoms with Crippen LogP contribution in [0.15, 0.2) is 48.5 Å². The molecule has 0 radical (unpaired) electrons. The highest BCUT2D eigenvalue weighted by Crippen LogP contribution is 2.32. The fourth-order valence-electron chi connectivity index (χ4n) is 3.76. The molecule has 0 unspecified atom stereocenters. The number of urea groups is 1. The molecule has 0 aliphatic carbocycles. The number of imide groups is 2. The second-order valence-corrected chi connectivity index (χ2v) is 6.96. The van der Waals surface area contributed by atoms with Gasteiger partial charge in [0.15, 0.2) is 0 Å². The van der Waals surface area contributed by atoms with Gasteiger partial charge in [0.05, 0.1) is 12.8 Å². The molecule has 0 saturated carbocycles. The maximum atomic E-state index is 12.9. The Morgan fingerprint density at radius 2 is 1.72 bits per heavy atom. The molecule has 1 saturated heterocycles. The summed E-state index contributed by atoms with van der Waals surface area (Å²) >= 11 is 0. The van der Waals surface area contributed by atoms with Crippen LogP contribution in [0.5, 0.6) is 5.75 Å². The molecular weight excluding hydrogens is 374 g/mol. The number of methoxy groups -OCH3 is 1. The van der Waals surface area contributed by atoms with E-state index in [1.165, 1.54) is 19.2 Å². The Labute approximate surface area is 167 Å². The van der Waals surface area contributed by atoms with E-state index in [1.807, 2.05) is 31.2 Å². The van der Waals surface area contributed by atoms with Gasteiger partial charge in [0.25, 0.3) is 0 Å². The zero-order valence-corrected chi connectivity index (χ0v) is 16.0. The van der Waals surface area contributed by atoms with Gasteiger partial charge < -0.3 is 9.64 Å². The van der Waals surface area contributed by atoms with Gasteiger partial charge in [-0.2, -0.15) is 0 Å². The molecule has 0 N–H and O–H groups in total. The van der Waals surface area contributed by atoms with Crippen molar-refractivity contribution in [2.24, 2.45) is 0 Å². The van der Waals surface area contributed by atoms with Crippen LogP contribution >= 0.6 is 0 Å². The van der Waals surface area contributed by atoms with Gasteiger partial charge in [0.1, 0.15) is 12.3 Å². The molecule has 29 heavy (non-hydrogen) atoms. The summed E-state index contributed by atoms with van der Waals surface area (Å²) in [6.45, 7) is 1.41. The van der Waals surface area contributed by atoms with Gasteiger partial charge in [-0.25, -0.2) is 14.6 Å². The Bertz CT molecular complexity index is 1020. The van der Waals surface area contributed by atoms with Crippen LogP contribution < -0.4 is 14.5 Å². The maximum absolute atomic E-state index is 12.9. The Hall–Kier alpha value is -3.68. The van der Waals surface area contributed by atoms with Crippen molar-refractivity contribution in [1.82, 2.24) is 4.90 Å². The third-order valence-corrected chi connectivity index (χ3v) is 5.15. The summed E-state index contributed by atoms with van der Waals surface area (Å²) in [5.74, 6) is -1.86. The number of para-hydroxylation sites is 1. The van der Waals surface area contributed by atoms with Crippen molar-refractivity contribution in [3.05, 3.63) is 54.1 Å². The minimum Gasteiger partial charge on any atom is -0.497 e. The molecule has 1 atom stereocenters. The molecule has 5 amide bonds. The van der Waals surface area contributed by atoms with Crippen LogP contribution in [-0.4, -0.2) is 48.3 Å². The van der Waals surface area contributed by atoms with Gasteiger partial charge in [-0.05, 0) is 49.2 Å². The van der Waals surface area contributed by atoms with Crippen LogP contribution in [0.2, 0.25) is 0 Å². The van der Waals surface area contributed by atoms with E-state index >= 15 is 0 Å². The predicted octanol–water partition coefficient (Wildman–Crippen LogP) is 1.97. The molecule has 2 aromatic rings. The Kier molecular flexibility index (Phi) is 4.54. The van der Waals surface area contributed by atoms with E-state index < -0.39 is 30.3 Å². The molecule has 2 heterocycles. The first kappa shape index (κ1) is 18.7. The Morgan fingerprint density at radius 3 is 2.41 bits per heavy atom. The fourth-order valence-corrected chi connectivity index (χ4v) is 3.76. The largest absolute Gasteiger partial charge is 0.497 e. The van der Waals surface area contributed by atoms with Crippen molar-refractivity contribution < 1.29 is 23.9 Å². The van der Waals surface area contributed by atoms with Crippen LogP contribution in [0.4, 0.5) is 16.2 Å². The molecule has 8 nitrogen and oxygen atoms in total. The van der Waals surface area contributed by atoms with Crippen molar-refractivity contribution in [3.8, 4) is 5.75 Å². The summed E-state index contributed by atoms with van der Waals surface area (Å²) in [5, 5.41) is 0. The summed E-state index contributed by atoms with van der Waals surface area (Å²) in [4.78, 5) is 53.6. The van der Waals surface area contributed by atoms with E-state index in [2.05, 4.69) is 0 Å². The number of amides is 5. The van der Waals surface area contributed by atoms with E-state index in [9.17, 15) is 19.2 Å². The summed E-state index contributed by atoms with van der Waals surface area (Å²) in [6.07, 6.45) is 0.695. The average molecular weight is 393 g/mol. The quantitative estimate of drug-likeness (QED) is 0.585. The highest BCUT2D eigenvalue weighted by atomic mass is 16.5. The standard InChI is InChI=1S/C21H19N3O5/c1-13-11-14-5-3-4-6-17(14)23(13)18(25)12-22-19(26)20(27)24(21(22)28)15-7-9-16(29-2)10-8-15/h3-10,13H,11-12H2,1-2H3/t13-/m1/s1. The van der Waals surface area contributed by atoms with E-state index in [-0.39, 0.29) is 11.7 Å². The second kappa shape index (κ2) is 7.05. The minimum atomic E-state index is -1.01. The van der Waals surface area contributed by atoms with E-state index in [0.29, 0.717) is 17.1 Å². The number of ether oxygens (including phenoxy) is 1. The SMILES string of the molecule is COc1ccc(N2C(=O)C(=O)N(CC(=O)N3c4ccccc4C[C@H]3C)C2=O)cc1. The molecule has 2 aliphatic rings. The van der Waals surface area contributed by atoms with Gasteiger partial charge >= 0.3 is 17.8 Å². The number of rotatable bonds is 4. The molecular formula is C21H19N3O5. The third-order valence-electron chi connectivity index (χ3n) is 5.15. The minimum absolute atomic E-state index is 0.0962. The monoisotopic (exact) mass is 393 g/mol. The molecule has 8 heteroatoms. The number of carbonyl (C=O) groups is 4. The lowest BCUT2D eigenvalue weighted by Crippen LogP contribution is -2.45. The van der Waals surface area contributed by atoms with Gasteiger partial charge in [0, 0.05) is 11.7 Å². The first-order chi connectivity index (χ1) is 13.9. The molecule has 4 rings (SSSR count). The van der Waals surface area contributed by atoms with Gasteiger partial charge in [-0.15, -0.1) is 0 Å². The number of hydrogen-bond donors (Lipinski definition) is 0. The van der Waals surface area contributed by atoms with Crippen LogP contribution in [0.25, 0.3) is 0 Å². The number of nitrogens with zero attached hydrogens (tertiary/aromatic N) is 3. The van der Waals surface area contributed by atoms with Crippen LogP contribution in [0, 0.1) is 0 Å². The third kappa shape index (κ3) is 3.02. The second-order valence-electron chi connectivity index (χ2n) is 6.96. The van der Waals surface area contributed by atoms with Crippen molar-refractivity contribution in [1.29, 1.82) is 0 Å².